The number of hydrogen-bond acceptors (Lipinski definition) is 3. The second-order valence-electron chi connectivity index (χ2n) is 7.38. The first-order valence-electron chi connectivity index (χ1n) is 8.47. The highest BCUT2D eigenvalue weighted by Crippen LogP contribution is 2.29. The van der Waals surface area contributed by atoms with Crippen LogP contribution in [-0.2, 0) is 22.7 Å². The Morgan fingerprint density at radius 2 is 1.72 bits per heavy atom. The van der Waals surface area contributed by atoms with Crippen LogP contribution in [0.4, 0.5) is 13.2 Å². The maximum atomic E-state index is 12.8. The highest BCUT2D eigenvalue weighted by Gasteiger charge is 2.30. The lowest BCUT2D eigenvalue weighted by Gasteiger charge is -2.20. The smallest absolute Gasteiger partial charge is 0.348 e. The highest BCUT2D eigenvalue weighted by molar-refractivity contribution is 9.10. The summed E-state index contributed by atoms with van der Waals surface area (Å²) in [5, 5.41) is 2.51. The summed E-state index contributed by atoms with van der Waals surface area (Å²) in [7, 11) is -3.86. The van der Waals surface area contributed by atoms with E-state index in [1.807, 2.05) is 0 Å². The first-order valence-corrected chi connectivity index (χ1v) is 10.7. The van der Waals surface area contributed by atoms with Gasteiger partial charge in [-0.05, 0) is 72.6 Å². The van der Waals surface area contributed by atoms with Crippen LogP contribution in [0.5, 0.6) is 0 Å². The molecule has 0 unspecified atom stereocenters. The van der Waals surface area contributed by atoms with E-state index in [1.54, 1.807) is 20.8 Å². The normalized spacial score (nSPS) is 12.7. The number of nitrogens with one attached hydrogen (secondary N) is 2. The van der Waals surface area contributed by atoms with Crippen LogP contribution >= 0.6 is 15.9 Å². The fraction of sp³-hybridized carbons (Fsp3) is 0.316. The number of amides is 1. The molecule has 0 bridgehead atoms. The fourth-order valence-corrected chi connectivity index (χ4v) is 4.31. The molecule has 1 amide bonds. The number of carbonyl (C=O) groups is 1. The Kier molecular flexibility index (Phi) is 6.81. The first kappa shape index (κ1) is 23.4. The van der Waals surface area contributed by atoms with Crippen LogP contribution in [0.2, 0.25) is 0 Å². The van der Waals surface area contributed by atoms with E-state index in [0.717, 1.165) is 12.1 Å². The van der Waals surface area contributed by atoms with Gasteiger partial charge in [0.05, 0.1) is 16.0 Å². The minimum absolute atomic E-state index is 0.0498. The van der Waals surface area contributed by atoms with Crippen LogP contribution in [0.15, 0.2) is 51.8 Å². The Balaban J connectivity index is 2.22. The Morgan fingerprint density at radius 1 is 1.07 bits per heavy atom. The molecule has 0 heterocycles. The summed E-state index contributed by atoms with van der Waals surface area (Å²) in [5.41, 5.74) is -1.21. The molecule has 10 heteroatoms. The Bertz CT molecular complexity index is 1020. The third-order valence-electron chi connectivity index (χ3n) is 3.64. The first-order chi connectivity index (χ1) is 13.2. The zero-order valence-electron chi connectivity index (χ0n) is 15.9. The van der Waals surface area contributed by atoms with Gasteiger partial charge in [-0.25, -0.2) is 13.1 Å². The Hall–Kier alpha value is -1.91. The molecule has 0 fully saturated rings. The molecule has 5 nitrogen and oxygen atoms in total. The third kappa shape index (κ3) is 6.55. The Morgan fingerprint density at radius 3 is 2.31 bits per heavy atom. The molecular weight excluding hydrogens is 473 g/mol. The van der Waals surface area contributed by atoms with Gasteiger partial charge in [-0.1, -0.05) is 12.1 Å². The molecule has 0 atom stereocenters. The van der Waals surface area contributed by atoms with E-state index in [1.165, 1.54) is 30.3 Å². The monoisotopic (exact) mass is 492 g/mol. The van der Waals surface area contributed by atoms with Crippen LogP contribution in [-0.4, -0.2) is 19.9 Å². The molecular formula is C19H20BrF3N2O3S. The molecule has 158 valence electrons. The quantitative estimate of drug-likeness (QED) is 0.646. The molecule has 0 aromatic heterocycles. The highest BCUT2D eigenvalue weighted by atomic mass is 79.9. The molecule has 0 aliphatic heterocycles. The van der Waals surface area contributed by atoms with Crippen LogP contribution in [0.1, 0.15) is 42.3 Å². The van der Waals surface area contributed by atoms with Crippen molar-refractivity contribution in [1.82, 2.24) is 10.0 Å². The predicted octanol–water partition coefficient (Wildman–Crippen LogP) is 4.47. The van der Waals surface area contributed by atoms with Crippen molar-refractivity contribution >= 4 is 31.9 Å². The Labute approximate surface area is 175 Å². The molecule has 2 aromatic carbocycles. The van der Waals surface area contributed by atoms with Crippen molar-refractivity contribution in [2.45, 2.75) is 43.9 Å². The van der Waals surface area contributed by atoms with Gasteiger partial charge in [-0.2, -0.15) is 13.2 Å². The molecule has 0 aliphatic rings. The van der Waals surface area contributed by atoms with E-state index in [0.29, 0.717) is 4.47 Å². The summed E-state index contributed by atoms with van der Waals surface area (Å²) < 4.78 is 66.2. The maximum Gasteiger partial charge on any atom is 0.416 e. The van der Waals surface area contributed by atoms with Gasteiger partial charge < -0.3 is 5.32 Å². The average Bonchev–Trinajstić information content (AvgIpc) is 2.57. The lowest BCUT2D eigenvalue weighted by Crippen LogP contribution is -2.40. The molecule has 0 saturated carbocycles. The van der Waals surface area contributed by atoms with E-state index in [4.69, 9.17) is 0 Å². The van der Waals surface area contributed by atoms with Crippen molar-refractivity contribution < 1.29 is 26.4 Å². The van der Waals surface area contributed by atoms with Gasteiger partial charge in [0.25, 0.3) is 5.91 Å². The topological polar surface area (TPSA) is 75.3 Å². The van der Waals surface area contributed by atoms with Gasteiger partial charge in [-0.3, -0.25) is 4.79 Å². The molecule has 0 aliphatic carbocycles. The minimum Gasteiger partial charge on any atom is -0.348 e. The van der Waals surface area contributed by atoms with Gasteiger partial charge in [0.15, 0.2) is 0 Å². The predicted molar refractivity (Wildman–Crippen MR) is 107 cm³/mol. The standard InChI is InChI=1S/C19H20BrF3N2O3S/c1-18(2,3)25-29(27,28)14-7-8-16(20)15(10-14)17(26)24-11-12-5-4-6-13(9-12)19(21,22)23/h4-10,25H,11H2,1-3H3,(H,24,26). The summed E-state index contributed by atoms with van der Waals surface area (Å²) in [6.45, 7) is 4.91. The summed E-state index contributed by atoms with van der Waals surface area (Å²) in [5.74, 6) is -0.623. The zero-order chi connectivity index (χ0) is 22.0. The van der Waals surface area contributed by atoms with Gasteiger partial charge in [0.2, 0.25) is 10.0 Å². The number of hydrogen-bond donors (Lipinski definition) is 2. The number of alkyl halides is 3. The van der Waals surface area contributed by atoms with Crippen molar-refractivity contribution in [3.63, 3.8) is 0 Å². The molecule has 0 spiro atoms. The van der Waals surface area contributed by atoms with Crippen LogP contribution < -0.4 is 10.0 Å². The van der Waals surface area contributed by atoms with Crippen LogP contribution in [0.25, 0.3) is 0 Å². The lowest BCUT2D eigenvalue weighted by atomic mass is 10.1. The second-order valence-corrected chi connectivity index (χ2v) is 9.91. The molecule has 29 heavy (non-hydrogen) atoms. The number of sulfonamides is 1. The third-order valence-corrected chi connectivity index (χ3v) is 6.09. The number of rotatable bonds is 5. The molecule has 0 saturated heterocycles. The van der Waals surface area contributed by atoms with Crippen molar-refractivity contribution in [3.05, 3.63) is 63.6 Å². The van der Waals surface area contributed by atoms with Gasteiger partial charge in [0.1, 0.15) is 0 Å². The molecule has 0 radical (unpaired) electrons. The molecule has 2 N–H and O–H groups in total. The van der Waals surface area contributed by atoms with Crippen molar-refractivity contribution in [3.8, 4) is 0 Å². The van der Waals surface area contributed by atoms with E-state index in [-0.39, 0.29) is 22.6 Å². The maximum absolute atomic E-state index is 12.8. The summed E-state index contributed by atoms with van der Waals surface area (Å²) >= 11 is 3.20. The summed E-state index contributed by atoms with van der Waals surface area (Å²) in [4.78, 5) is 12.4. The largest absolute Gasteiger partial charge is 0.416 e. The average molecular weight is 493 g/mol. The molecule has 2 rings (SSSR count). The lowest BCUT2D eigenvalue weighted by molar-refractivity contribution is -0.137. The second kappa shape index (κ2) is 8.45. The van der Waals surface area contributed by atoms with E-state index in [2.05, 4.69) is 26.0 Å². The van der Waals surface area contributed by atoms with Crippen molar-refractivity contribution in [2.75, 3.05) is 0 Å². The number of benzene rings is 2. The molecule has 2 aromatic rings. The minimum atomic E-state index is -4.48. The summed E-state index contributed by atoms with van der Waals surface area (Å²) in [6, 6.07) is 8.59. The van der Waals surface area contributed by atoms with Crippen molar-refractivity contribution in [2.24, 2.45) is 0 Å². The van der Waals surface area contributed by atoms with E-state index < -0.39 is 33.2 Å². The van der Waals surface area contributed by atoms with Gasteiger partial charge in [0, 0.05) is 16.6 Å². The number of carbonyl (C=O) groups excluding carboxylic acids is 1. The van der Waals surface area contributed by atoms with Crippen molar-refractivity contribution in [1.29, 1.82) is 0 Å². The van der Waals surface area contributed by atoms with Crippen LogP contribution in [0, 0.1) is 0 Å². The van der Waals surface area contributed by atoms with Gasteiger partial charge in [-0.15, -0.1) is 0 Å². The van der Waals surface area contributed by atoms with E-state index >= 15 is 0 Å². The summed E-state index contributed by atoms with van der Waals surface area (Å²) in [6.07, 6.45) is -4.48. The fourth-order valence-electron chi connectivity index (χ4n) is 2.44. The van der Waals surface area contributed by atoms with Crippen LogP contribution in [0.3, 0.4) is 0 Å². The SMILES string of the molecule is CC(C)(C)NS(=O)(=O)c1ccc(Br)c(C(=O)NCc2cccc(C(F)(F)F)c2)c1. The van der Waals surface area contributed by atoms with Gasteiger partial charge >= 0.3 is 6.18 Å². The zero-order valence-corrected chi connectivity index (χ0v) is 18.3. The van der Waals surface area contributed by atoms with E-state index in [9.17, 15) is 26.4 Å². The number of halogens is 4.